The zero-order chi connectivity index (χ0) is 13.7. The van der Waals surface area contributed by atoms with Crippen molar-refractivity contribution >= 4 is 29.0 Å². The standard InChI is InChI=1S/C11H12N4O3S/c1-2-18-10(16)7-15-12-6-9(14-15)13-11(17)8-4-3-5-19-8/h3-6H,2,7H2,1H3,(H,13,14,17). The predicted molar refractivity (Wildman–Crippen MR) is 68.9 cm³/mol. The number of ether oxygens (including phenoxy) is 1. The first-order valence-corrected chi connectivity index (χ1v) is 6.47. The number of amides is 1. The number of nitrogens with zero attached hydrogens (tertiary/aromatic N) is 3. The Labute approximate surface area is 113 Å². The third kappa shape index (κ3) is 3.62. The van der Waals surface area contributed by atoms with Crippen LogP contribution in [0.1, 0.15) is 16.6 Å². The summed E-state index contributed by atoms with van der Waals surface area (Å²) in [6, 6.07) is 3.50. The summed E-state index contributed by atoms with van der Waals surface area (Å²) < 4.78 is 4.77. The van der Waals surface area contributed by atoms with Crippen LogP contribution in [0.3, 0.4) is 0 Å². The minimum Gasteiger partial charge on any atom is -0.465 e. The monoisotopic (exact) mass is 280 g/mol. The molecule has 19 heavy (non-hydrogen) atoms. The molecule has 1 amide bonds. The number of thiophene rings is 1. The van der Waals surface area contributed by atoms with Crippen molar-refractivity contribution in [2.75, 3.05) is 11.9 Å². The molecule has 0 radical (unpaired) electrons. The van der Waals surface area contributed by atoms with Crippen LogP contribution in [-0.2, 0) is 16.1 Å². The number of esters is 1. The second-order valence-electron chi connectivity index (χ2n) is 3.50. The molecule has 0 aliphatic rings. The van der Waals surface area contributed by atoms with Gasteiger partial charge in [0.25, 0.3) is 5.91 Å². The number of carbonyl (C=O) groups is 2. The topological polar surface area (TPSA) is 86.1 Å². The number of carbonyl (C=O) groups excluding carboxylic acids is 2. The molecule has 2 aromatic rings. The second kappa shape index (κ2) is 6.10. The van der Waals surface area contributed by atoms with Crippen LogP contribution in [0.2, 0.25) is 0 Å². The molecular formula is C11H12N4O3S. The van der Waals surface area contributed by atoms with Gasteiger partial charge in [0.2, 0.25) is 0 Å². The summed E-state index contributed by atoms with van der Waals surface area (Å²) in [6.07, 6.45) is 1.38. The van der Waals surface area contributed by atoms with E-state index >= 15 is 0 Å². The molecule has 0 aromatic carbocycles. The van der Waals surface area contributed by atoms with Gasteiger partial charge in [-0.15, -0.1) is 16.4 Å². The largest absolute Gasteiger partial charge is 0.465 e. The number of hydrogen-bond donors (Lipinski definition) is 1. The molecule has 0 saturated heterocycles. The summed E-state index contributed by atoms with van der Waals surface area (Å²) in [6.45, 7) is 1.95. The predicted octanol–water partition coefficient (Wildman–Crippen LogP) is 1.15. The first-order valence-electron chi connectivity index (χ1n) is 5.59. The zero-order valence-electron chi connectivity index (χ0n) is 10.2. The summed E-state index contributed by atoms with van der Waals surface area (Å²) in [5.41, 5.74) is 0. The highest BCUT2D eigenvalue weighted by molar-refractivity contribution is 7.12. The maximum atomic E-state index is 11.7. The maximum Gasteiger partial charge on any atom is 0.329 e. The lowest BCUT2D eigenvalue weighted by Crippen LogP contribution is -2.16. The van der Waals surface area contributed by atoms with E-state index in [1.807, 2.05) is 5.38 Å². The van der Waals surface area contributed by atoms with Crippen molar-refractivity contribution in [1.29, 1.82) is 0 Å². The Morgan fingerprint density at radius 1 is 1.53 bits per heavy atom. The van der Waals surface area contributed by atoms with E-state index in [0.717, 1.165) is 0 Å². The van der Waals surface area contributed by atoms with Gasteiger partial charge in [0.1, 0.15) is 0 Å². The molecule has 0 saturated carbocycles. The van der Waals surface area contributed by atoms with Gasteiger partial charge in [-0.25, -0.2) is 4.79 Å². The second-order valence-corrected chi connectivity index (χ2v) is 4.44. The highest BCUT2D eigenvalue weighted by Gasteiger charge is 2.11. The molecule has 0 unspecified atom stereocenters. The number of rotatable bonds is 5. The molecule has 7 nitrogen and oxygen atoms in total. The Bertz CT molecular complexity index is 564. The van der Waals surface area contributed by atoms with E-state index in [4.69, 9.17) is 4.74 Å². The molecule has 0 aliphatic heterocycles. The first kappa shape index (κ1) is 13.2. The van der Waals surface area contributed by atoms with Crippen molar-refractivity contribution in [3.05, 3.63) is 28.6 Å². The first-order chi connectivity index (χ1) is 9.19. The van der Waals surface area contributed by atoms with Gasteiger partial charge in [0.05, 0.1) is 17.7 Å². The van der Waals surface area contributed by atoms with E-state index in [0.29, 0.717) is 17.3 Å². The van der Waals surface area contributed by atoms with Crippen molar-refractivity contribution in [2.24, 2.45) is 0 Å². The molecular weight excluding hydrogens is 268 g/mol. The Kier molecular flexibility index (Phi) is 4.24. The van der Waals surface area contributed by atoms with Crippen LogP contribution in [0.25, 0.3) is 0 Å². The normalized spacial score (nSPS) is 10.2. The van der Waals surface area contributed by atoms with Gasteiger partial charge in [-0.2, -0.15) is 9.90 Å². The van der Waals surface area contributed by atoms with Crippen LogP contribution in [0.15, 0.2) is 23.7 Å². The van der Waals surface area contributed by atoms with E-state index in [9.17, 15) is 9.59 Å². The average Bonchev–Trinajstić information content (AvgIpc) is 3.00. The summed E-state index contributed by atoms with van der Waals surface area (Å²) in [5, 5.41) is 12.2. The van der Waals surface area contributed by atoms with E-state index in [1.54, 1.807) is 19.1 Å². The van der Waals surface area contributed by atoms with Crippen molar-refractivity contribution in [1.82, 2.24) is 15.0 Å². The lowest BCUT2D eigenvalue weighted by Gasteiger charge is -2.00. The molecule has 1 N–H and O–H groups in total. The zero-order valence-corrected chi connectivity index (χ0v) is 11.0. The van der Waals surface area contributed by atoms with Crippen LogP contribution in [-0.4, -0.2) is 33.5 Å². The van der Waals surface area contributed by atoms with Gasteiger partial charge < -0.3 is 10.1 Å². The highest BCUT2D eigenvalue weighted by Crippen LogP contribution is 2.10. The van der Waals surface area contributed by atoms with Crippen LogP contribution in [0.5, 0.6) is 0 Å². The van der Waals surface area contributed by atoms with Crippen molar-refractivity contribution in [2.45, 2.75) is 13.5 Å². The Balaban J connectivity index is 1.94. The maximum absolute atomic E-state index is 11.7. The summed E-state index contributed by atoms with van der Waals surface area (Å²) in [7, 11) is 0. The molecule has 0 bridgehead atoms. The number of nitrogens with one attached hydrogen (secondary N) is 1. The SMILES string of the molecule is CCOC(=O)Cn1ncc(NC(=O)c2cccs2)n1. The fraction of sp³-hybridized carbons (Fsp3) is 0.273. The third-order valence-electron chi connectivity index (χ3n) is 2.10. The Morgan fingerprint density at radius 2 is 2.37 bits per heavy atom. The van der Waals surface area contributed by atoms with Gasteiger partial charge in [-0.05, 0) is 18.4 Å². The summed E-state index contributed by atoms with van der Waals surface area (Å²) >= 11 is 1.33. The van der Waals surface area contributed by atoms with E-state index < -0.39 is 5.97 Å². The fourth-order valence-electron chi connectivity index (χ4n) is 1.34. The molecule has 2 rings (SSSR count). The molecule has 0 aliphatic carbocycles. The third-order valence-corrected chi connectivity index (χ3v) is 2.97. The van der Waals surface area contributed by atoms with E-state index in [1.165, 1.54) is 22.3 Å². The van der Waals surface area contributed by atoms with E-state index in [2.05, 4.69) is 15.5 Å². The van der Waals surface area contributed by atoms with Crippen LogP contribution in [0.4, 0.5) is 5.82 Å². The molecule has 8 heteroatoms. The lowest BCUT2D eigenvalue weighted by atomic mass is 10.4. The number of aromatic nitrogens is 3. The summed E-state index contributed by atoms with van der Waals surface area (Å²) in [5.74, 6) is -0.380. The number of hydrogen-bond acceptors (Lipinski definition) is 6. The quantitative estimate of drug-likeness (QED) is 0.830. The van der Waals surface area contributed by atoms with Gasteiger partial charge in [0, 0.05) is 0 Å². The molecule has 2 aromatic heterocycles. The van der Waals surface area contributed by atoms with Crippen LogP contribution in [0, 0.1) is 0 Å². The van der Waals surface area contributed by atoms with Gasteiger partial charge in [-0.1, -0.05) is 6.07 Å². The minimum absolute atomic E-state index is 0.0806. The molecule has 0 fully saturated rings. The molecule has 100 valence electrons. The lowest BCUT2D eigenvalue weighted by molar-refractivity contribution is -0.144. The molecule has 0 spiro atoms. The van der Waals surface area contributed by atoms with Crippen LogP contribution < -0.4 is 5.32 Å². The smallest absolute Gasteiger partial charge is 0.329 e. The number of anilines is 1. The average molecular weight is 280 g/mol. The van der Waals surface area contributed by atoms with Crippen LogP contribution >= 0.6 is 11.3 Å². The summed E-state index contributed by atoms with van der Waals surface area (Å²) in [4.78, 5) is 24.7. The van der Waals surface area contributed by atoms with E-state index in [-0.39, 0.29) is 12.5 Å². The van der Waals surface area contributed by atoms with Crippen molar-refractivity contribution < 1.29 is 14.3 Å². The molecule has 0 atom stereocenters. The highest BCUT2D eigenvalue weighted by atomic mass is 32.1. The van der Waals surface area contributed by atoms with Gasteiger partial charge in [-0.3, -0.25) is 4.79 Å². The fourth-order valence-corrected chi connectivity index (χ4v) is 1.96. The Morgan fingerprint density at radius 3 is 3.05 bits per heavy atom. The van der Waals surface area contributed by atoms with Gasteiger partial charge >= 0.3 is 5.97 Å². The minimum atomic E-state index is -0.422. The molecule has 2 heterocycles. The Hall–Kier alpha value is -2.22. The van der Waals surface area contributed by atoms with Crippen molar-refractivity contribution in [3.63, 3.8) is 0 Å². The van der Waals surface area contributed by atoms with Crippen molar-refractivity contribution in [3.8, 4) is 0 Å². The van der Waals surface area contributed by atoms with Gasteiger partial charge in [0.15, 0.2) is 12.4 Å².